The van der Waals surface area contributed by atoms with Crippen LogP contribution in [0.25, 0.3) is 0 Å². The van der Waals surface area contributed by atoms with Crippen LogP contribution in [0.5, 0.6) is 0 Å². The van der Waals surface area contributed by atoms with Gasteiger partial charge in [0.15, 0.2) is 0 Å². The summed E-state index contributed by atoms with van der Waals surface area (Å²) in [5.74, 6) is 0. The first-order valence-corrected chi connectivity index (χ1v) is 3.89. The van der Waals surface area contributed by atoms with E-state index in [4.69, 9.17) is 0 Å². The molecule has 1 saturated heterocycles. The zero-order valence-electron chi connectivity index (χ0n) is 5.98. The van der Waals surface area contributed by atoms with Gasteiger partial charge in [-0.05, 0) is 18.9 Å². The van der Waals surface area contributed by atoms with Crippen molar-refractivity contribution >= 4 is 0 Å². The Bertz CT molecular complexity index is 153. The van der Waals surface area contributed by atoms with Crippen molar-refractivity contribution in [2.75, 3.05) is 13.1 Å². The van der Waals surface area contributed by atoms with E-state index in [0.717, 1.165) is 13.1 Å². The Balaban J connectivity index is 2.06. The Kier molecular flexibility index (Phi) is 1.61. The van der Waals surface area contributed by atoms with Crippen molar-refractivity contribution in [3.8, 4) is 0 Å². The molecule has 2 aliphatic heterocycles. The third-order valence-corrected chi connectivity index (χ3v) is 2.09. The van der Waals surface area contributed by atoms with Crippen LogP contribution in [0.3, 0.4) is 0 Å². The molecule has 0 aromatic heterocycles. The zero-order valence-corrected chi connectivity index (χ0v) is 5.98. The fourth-order valence-corrected chi connectivity index (χ4v) is 1.52. The summed E-state index contributed by atoms with van der Waals surface area (Å²) >= 11 is 0. The summed E-state index contributed by atoms with van der Waals surface area (Å²) in [5, 5.41) is 3.40. The molecule has 1 fully saturated rings. The summed E-state index contributed by atoms with van der Waals surface area (Å²) in [6.07, 6.45) is 4.72. The van der Waals surface area contributed by atoms with Crippen LogP contribution in [0.2, 0.25) is 0 Å². The molecule has 0 radical (unpaired) electrons. The van der Waals surface area contributed by atoms with Crippen LogP contribution in [-0.4, -0.2) is 19.1 Å². The molecule has 2 heterocycles. The molecule has 1 atom stereocenters. The van der Waals surface area contributed by atoms with E-state index in [1.54, 1.807) is 0 Å². The molecule has 2 aliphatic rings. The lowest BCUT2D eigenvalue weighted by atomic mass is 10.1. The smallest absolute Gasteiger partial charge is 0.0483 e. The van der Waals surface area contributed by atoms with Gasteiger partial charge in [0, 0.05) is 24.8 Å². The Hall–Kier alpha value is -0.540. The molecule has 0 aromatic rings. The topological polar surface area (TPSA) is 36.1 Å². The molecular weight excluding hydrogens is 126 g/mol. The van der Waals surface area contributed by atoms with Gasteiger partial charge >= 0.3 is 0 Å². The Morgan fingerprint density at radius 2 is 2.50 bits per heavy atom. The van der Waals surface area contributed by atoms with Crippen molar-refractivity contribution < 1.29 is 0 Å². The van der Waals surface area contributed by atoms with Crippen LogP contribution in [0.4, 0.5) is 0 Å². The van der Waals surface area contributed by atoms with Crippen LogP contribution in [0.15, 0.2) is 11.8 Å². The minimum atomic E-state index is 0.593. The zero-order chi connectivity index (χ0) is 6.81. The summed E-state index contributed by atoms with van der Waals surface area (Å²) < 4.78 is 0. The molecule has 0 aromatic carbocycles. The van der Waals surface area contributed by atoms with Gasteiger partial charge in [-0.25, -0.2) is 5.43 Å². The van der Waals surface area contributed by atoms with Gasteiger partial charge in [0.2, 0.25) is 0 Å². The Labute approximate surface area is 60.8 Å². The molecule has 0 amide bonds. The normalized spacial score (nSPS) is 32.0. The highest BCUT2D eigenvalue weighted by Gasteiger charge is 2.19. The summed E-state index contributed by atoms with van der Waals surface area (Å²) in [5.41, 5.74) is 7.68. The Morgan fingerprint density at radius 1 is 1.50 bits per heavy atom. The summed E-state index contributed by atoms with van der Waals surface area (Å²) in [4.78, 5) is 0. The number of fused-ring (bicyclic) bond motifs is 1. The summed E-state index contributed by atoms with van der Waals surface area (Å²) in [6.45, 7) is 2.10. The highest BCUT2D eigenvalue weighted by molar-refractivity contribution is 5.15. The van der Waals surface area contributed by atoms with E-state index in [-0.39, 0.29) is 0 Å². The van der Waals surface area contributed by atoms with E-state index in [0.29, 0.717) is 6.04 Å². The second-order valence-electron chi connectivity index (χ2n) is 2.81. The SMILES string of the molecule is C1=C2NNCCCC2NC1. The van der Waals surface area contributed by atoms with Crippen LogP contribution < -0.4 is 16.2 Å². The van der Waals surface area contributed by atoms with Gasteiger partial charge in [0.1, 0.15) is 0 Å². The van der Waals surface area contributed by atoms with Crippen molar-refractivity contribution in [1.29, 1.82) is 0 Å². The fourth-order valence-electron chi connectivity index (χ4n) is 1.52. The molecular formula is C7H13N3. The third-order valence-electron chi connectivity index (χ3n) is 2.09. The van der Waals surface area contributed by atoms with Crippen molar-refractivity contribution in [3.05, 3.63) is 11.8 Å². The summed E-state index contributed by atoms with van der Waals surface area (Å²) in [7, 11) is 0. The van der Waals surface area contributed by atoms with Gasteiger partial charge in [-0.3, -0.25) is 0 Å². The predicted octanol–water partition coefficient (Wildman–Crippen LogP) is -0.270. The van der Waals surface area contributed by atoms with Crippen LogP contribution >= 0.6 is 0 Å². The lowest BCUT2D eigenvalue weighted by Gasteiger charge is -2.11. The number of rotatable bonds is 0. The fraction of sp³-hybridized carbons (Fsp3) is 0.714. The van der Waals surface area contributed by atoms with Gasteiger partial charge < -0.3 is 10.7 Å². The van der Waals surface area contributed by atoms with Crippen molar-refractivity contribution in [1.82, 2.24) is 16.2 Å². The lowest BCUT2D eigenvalue weighted by Crippen LogP contribution is -2.34. The van der Waals surface area contributed by atoms with E-state index in [2.05, 4.69) is 22.2 Å². The van der Waals surface area contributed by atoms with Gasteiger partial charge in [-0.15, -0.1) is 0 Å². The van der Waals surface area contributed by atoms with E-state index in [9.17, 15) is 0 Å². The molecule has 3 N–H and O–H groups in total. The van der Waals surface area contributed by atoms with Crippen molar-refractivity contribution in [2.24, 2.45) is 0 Å². The minimum absolute atomic E-state index is 0.593. The lowest BCUT2D eigenvalue weighted by molar-refractivity contribution is 0.588. The summed E-state index contributed by atoms with van der Waals surface area (Å²) in [6, 6.07) is 0.593. The second-order valence-corrected chi connectivity index (χ2v) is 2.81. The van der Waals surface area contributed by atoms with E-state index in [1.807, 2.05) is 0 Å². The molecule has 56 valence electrons. The van der Waals surface area contributed by atoms with E-state index >= 15 is 0 Å². The average molecular weight is 139 g/mol. The minimum Gasteiger partial charge on any atom is -0.324 e. The van der Waals surface area contributed by atoms with E-state index < -0.39 is 0 Å². The van der Waals surface area contributed by atoms with Gasteiger partial charge in [-0.1, -0.05) is 0 Å². The maximum atomic E-state index is 3.40. The molecule has 0 aliphatic carbocycles. The molecule has 0 saturated carbocycles. The molecule has 3 heteroatoms. The first kappa shape index (κ1) is 6.19. The van der Waals surface area contributed by atoms with Crippen LogP contribution in [0.1, 0.15) is 12.8 Å². The maximum Gasteiger partial charge on any atom is 0.0483 e. The number of hydrogen-bond donors (Lipinski definition) is 3. The maximum absolute atomic E-state index is 3.40. The first-order valence-electron chi connectivity index (χ1n) is 3.89. The first-order chi connectivity index (χ1) is 4.97. The van der Waals surface area contributed by atoms with Gasteiger partial charge in [0.25, 0.3) is 0 Å². The third kappa shape index (κ3) is 1.02. The number of hydrogen-bond acceptors (Lipinski definition) is 3. The predicted molar refractivity (Wildman–Crippen MR) is 40.2 cm³/mol. The number of nitrogens with one attached hydrogen (secondary N) is 3. The molecule has 0 bridgehead atoms. The van der Waals surface area contributed by atoms with Crippen LogP contribution in [-0.2, 0) is 0 Å². The monoisotopic (exact) mass is 139 g/mol. The molecule has 10 heavy (non-hydrogen) atoms. The average Bonchev–Trinajstić information content (AvgIpc) is 2.28. The van der Waals surface area contributed by atoms with Crippen molar-refractivity contribution in [2.45, 2.75) is 18.9 Å². The quantitative estimate of drug-likeness (QED) is 0.432. The standard InChI is InChI=1S/C7H13N3/c1-2-6-7(3-5-8-6)10-9-4-1/h3,6,8-10H,1-2,4-5H2. The molecule has 3 nitrogen and oxygen atoms in total. The second kappa shape index (κ2) is 2.60. The largest absolute Gasteiger partial charge is 0.324 e. The number of hydrazine groups is 1. The van der Waals surface area contributed by atoms with Crippen LogP contribution in [0, 0.1) is 0 Å². The Morgan fingerprint density at radius 3 is 3.50 bits per heavy atom. The molecule has 0 spiro atoms. The highest BCUT2D eigenvalue weighted by atomic mass is 15.4. The molecule has 1 unspecified atom stereocenters. The van der Waals surface area contributed by atoms with Gasteiger partial charge in [-0.2, -0.15) is 0 Å². The molecule has 2 rings (SSSR count). The highest BCUT2D eigenvalue weighted by Crippen LogP contribution is 2.11. The van der Waals surface area contributed by atoms with Gasteiger partial charge in [0.05, 0.1) is 0 Å². The van der Waals surface area contributed by atoms with E-state index in [1.165, 1.54) is 18.5 Å². The van der Waals surface area contributed by atoms with Crippen molar-refractivity contribution in [3.63, 3.8) is 0 Å².